The van der Waals surface area contributed by atoms with E-state index in [2.05, 4.69) is 15.0 Å². The predicted octanol–water partition coefficient (Wildman–Crippen LogP) is 2.88. The van der Waals surface area contributed by atoms with Crippen LogP contribution in [0.2, 0.25) is 0 Å². The third-order valence-electron chi connectivity index (χ3n) is 3.43. The normalized spacial score (nSPS) is 11.3. The summed E-state index contributed by atoms with van der Waals surface area (Å²) >= 11 is 1.30. The number of carbonyl (C=O) groups is 1. The number of anilines is 1. The molecule has 1 aromatic carbocycles. The zero-order valence-electron chi connectivity index (χ0n) is 14.2. The number of nitrogens with one attached hydrogen (secondary N) is 2. The zero-order chi connectivity index (χ0) is 19.1. The fraction of sp³-hybridized carbons (Fsp3) is 0.111. The predicted molar refractivity (Wildman–Crippen MR) is 103 cm³/mol. The molecule has 3 rings (SSSR count). The molecule has 7 nitrogen and oxygen atoms in total. The molecule has 2 aromatic heterocycles. The number of nitrogens with zero attached hydrogens (tertiary/aromatic N) is 1. The van der Waals surface area contributed by atoms with Crippen LogP contribution in [-0.2, 0) is 21.4 Å². The Morgan fingerprint density at radius 1 is 1.11 bits per heavy atom. The summed E-state index contributed by atoms with van der Waals surface area (Å²) < 4.78 is 32.4. The number of hydrogen-bond acceptors (Lipinski definition) is 6. The number of aromatic nitrogens is 1. The van der Waals surface area contributed by atoms with Crippen LogP contribution in [0, 0.1) is 0 Å². The van der Waals surface area contributed by atoms with Gasteiger partial charge in [0.05, 0.1) is 28.5 Å². The second kappa shape index (κ2) is 8.85. The molecule has 1 amide bonds. The Balaban J connectivity index is 1.60. The molecule has 0 saturated carbocycles. The first kappa shape index (κ1) is 19.2. The molecule has 0 aliphatic rings. The van der Waals surface area contributed by atoms with Crippen LogP contribution in [0.4, 0.5) is 5.69 Å². The summed E-state index contributed by atoms with van der Waals surface area (Å²) in [6.45, 7) is 0.0482. The van der Waals surface area contributed by atoms with Gasteiger partial charge in [0, 0.05) is 11.9 Å². The molecular weight excluding hydrogens is 386 g/mol. The molecule has 0 spiro atoms. The molecule has 3 aromatic rings. The molecule has 2 N–H and O–H groups in total. The molecule has 0 saturated heterocycles. The molecule has 0 bridgehead atoms. The number of hydrogen-bond donors (Lipinski definition) is 2. The molecule has 0 fully saturated rings. The van der Waals surface area contributed by atoms with Crippen molar-refractivity contribution in [3.8, 4) is 0 Å². The van der Waals surface area contributed by atoms with Gasteiger partial charge in [-0.25, -0.2) is 18.1 Å². The van der Waals surface area contributed by atoms with Crippen molar-refractivity contribution >= 4 is 33.4 Å². The van der Waals surface area contributed by atoms with E-state index in [1.807, 2.05) is 12.1 Å². The SMILES string of the molecule is O=C(CSc1ccccn1)Nc1cccc(S(=O)(=O)NCc2ccco2)c1. The van der Waals surface area contributed by atoms with E-state index in [9.17, 15) is 13.2 Å². The minimum absolute atomic E-state index is 0.0482. The van der Waals surface area contributed by atoms with Gasteiger partial charge >= 0.3 is 0 Å². The van der Waals surface area contributed by atoms with Crippen molar-refractivity contribution in [2.24, 2.45) is 0 Å². The number of pyridine rings is 1. The van der Waals surface area contributed by atoms with Crippen LogP contribution in [0.15, 0.2) is 81.4 Å². The molecule has 0 aliphatic carbocycles. The van der Waals surface area contributed by atoms with E-state index in [-0.39, 0.29) is 23.1 Å². The van der Waals surface area contributed by atoms with Gasteiger partial charge in [0.1, 0.15) is 5.76 Å². The smallest absolute Gasteiger partial charge is 0.241 e. The number of sulfonamides is 1. The lowest BCUT2D eigenvalue weighted by Gasteiger charge is -2.09. The van der Waals surface area contributed by atoms with Gasteiger partial charge in [-0.05, 0) is 42.5 Å². The van der Waals surface area contributed by atoms with Crippen LogP contribution in [0.1, 0.15) is 5.76 Å². The highest BCUT2D eigenvalue weighted by atomic mass is 32.2. The fourth-order valence-electron chi connectivity index (χ4n) is 2.17. The maximum Gasteiger partial charge on any atom is 0.241 e. The number of benzene rings is 1. The summed E-state index contributed by atoms with van der Waals surface area (Å²) in [4.78, 5) is 16.3. The van der Waals surface area contributed by atoms with Gasteiger partial charge < -0.3 is 9.73 Å². The number of rotatable bonds is 8. The van der Waals surface area contributed by atoms with Crippen LogP contribution in [0.25, 0.3) is 0 Å². The summed E-state index contributed by atoms with van der Waals surface area (Å²) in [5.74, 6) is 0.434. The van der Waals surface area contributed by atoms with Crippen molar-refractivity contribution in [1.29, 1.82) is 0 Å². The van der Waals surface area contributed by atoms with Crippen LogP contribution in [0.5, 0.6) is 0 Å². The lowest BCUT2D eigenvalue weighted by Crippen LogP contribution is -2.23. The Morgan fingerprint density at radius 2 is 2.00 bits per heavy atom. The lowest BCUT2D eigenvalue weighted by atomic mass is 10.3. The summed E-state index contributed by atoms with van der Waals surface area (Å²) in [5, 5.41) is 3.44. The van der Waals surface area contributed by atoms with Crippen LogP contribution in [0.3, 0.4) is 0 Å². The van der Waals surface area contributed by atoms with Crippen LogP contribution in [-0.4, -0.2) is 25.1 Å². The summed E-state index contributed by atoms with van der Waals surface area (Å²) in [6, 6.07) is 14.9. The minimum Gasteiger partial charge on any atom is -0.468 e. The minimum atomic E-state index is -3.73. The van der Waals surface area contributed by atoms with Crippen molar-refractivity contribution in [3.05, 3.63) is 72.8 Å². The molecule has 0 aliphatic heterocycles. The zero-order valence-corrected chi connectivity index (χ0v) is 15.8. The van der Waals surface area contributed by atoms with Gasteiger partial charge in [-0.3, -0.25) is 4.79 Å². The molecular formula is C18H17N3O4S2. The number of thioether (sulfide) groups is 1. The average Bonchev–Trinajstić information content (AvgIpc) is 3.20. The van der Waals surface area contributed by atoms with Crippen LogP contribution >= 0.6 is 11.8 Å². The Hall–Kier alpha value is -2.62. The van der Waals surface area contributed by atoms with E-state index in [1.54, 1.807) is 36.5 Å². The highest BCUT2D eigenvalue weighted by molar-refractivity contribution is 7.99. The van der Waals surface area contributed by atoms with E-state index < -0.39 is 10.0 Å². The summed E-state index contributed by atoms with van der Waals surface area (Å²) in [6.07, 6.45) is 3.13. The highest BCUT2D eigenvalue weighted by Crippen LogP contribution is 2.18. The second-order valence-corrected chi connectivity index (χ2v) is 8.20. The molecule has 0 radical (unpaired) electrons. The van der Waals surface area contributed by atoms with Gasteiger partial charge in [-0.2, -0.15) is 0 Å². The van der Waals surface area contributed by atoms with Gasteiger partial charge in [-0.1, -0.05) is 23.9 Å². The quantitative estimate of drug-likeness (QED) is 0.561. The Labute approximate surface area is 161 Å². The first-order chi connectivity index (χ1) is 13.0. The van der Waals surface area contributed by atoms with Crippen molar-refractivity contribution in [3.63, 3.8) is 0 Å². The molecule has 2 heterocycles. The van der Waals surface area contributed by atoms with E-state index in [4.69, 9.17) is 4.42 Å². The monoisotopic (exact) mass is 403 g/mol. The lowest BCUT2D eigenvalue weighted by molar-refractivity contribution is -0.113. The van der Waals surface area contributed by atoms with Crippen molar-refractivity contribution in [2.45, 2.75) is 16.5 Å². The molecule has 9 heteroatoms. The summed E-state index contributed by atoms with van der Waals surface area (Å²) in [5.41, 5.74) is 0.405. The topological polar surface area (TPSA) is 101 Å². The van der Waals surface area contributed by atoms with E-state index in [0.717, 1.165) is 5.03 Å². The largest absolute Gasteiger partial charge is 0.468 e. The molecule has 27 heavy (non-hydrogen) atoms. The van der Waals surface area contributed by atoms with E-state index >= 15 is 0 Å². The third-order valence-corrected chi connectivity index (χ3v) is 5.78. The van der Waals surface area contributed by atoms with Gasteiger partial charge in [0.15, 0.2) is 0 Å². The number of furan rings is 1. The van der Waals surface area contributed by atoms with Gasteiger partial charge in [0.25, 0.3) is 0 Å². The Kier molecular flexibility index (Phi) is 6.28. The maximum absolute atomic E-state index is 12.4. The number of carbonyl (C=O) groups excluding carboxylic acids is 1. The molecule has 0 unspecified atom stereocenters. The summed E-state index contributed by atoms with van der Waals surface area (Å²) in [7, 11) is -3.73. The van der Waals surface area contributed by atoms with Gasteiger partial charge in [-0.15, -0.1) is 0 Å². The highest BCUT2D eigenvalue weighted by Gasteiger charge is 2.15. The third kappa shape index (κ3) is 5.68. The van der Waals surface area contributed by atoms with Crippen molar-refractivity contribution in [1.82, 2.24) is 9.71 Å². The Bertz CT molecular complexity index is 990. The van der Waals surface area contributed by atoms with Crippen LogP contribution < -0.4 is 10.0 Å². The number of amides is 1. The first-order valence-corrected chi connectivity index (χ1v) is 10.5. The average molecular weight is 403 g/mol. The second-order valence-electron chi connectivity index (χ2n) is 5.44. The molecule has 0 atom stereocenters. The van der Waals surface area contributed by atoms with Crippen molar-refractivity contribution in [2.75, 3.05) is 11.1 Å². The Morgan fingerprint density at radius 3 is 2.74 bits per heavy atom. The first-order valence-electron chi connectivity index (χ1n) is 7.99. The van der Waals surface area contributed by atoms with Gasteiger partial charge in [0.2, 0.25) is 15.9 Å². The maximum atomic E-state index is 12.4. The van der Waals surface area contributed by atoms with E-state index in [1.165, 1.54) is 30.2 Å². The van der Waals surface area contributed by atoms with E-state index in [0.29, 0.717) is 11.4 Å². The molecule has 140 valence electrons. The van der Waals surface area contributed by atoms with Crippen molar-refractivity contribution < 1.29 is 17.6 Å². The standard InChI is InChI=1S/C18H17N3O4S2/c22-17(13-26-18-8-1-2-9-19-18)21-14-5-3-7-16(11-14)27(23,24)20-12-15-6-4-10-25-15/h1-11,20H,12-13H2,(H,21,22). The fourth-order valence-corrected chi connectivity index (χ4v) is 3.87.